The predicted molar refractivity (Wildman–Crippen MR) is 86.2 cm³/mol. The van der Waals surface area contributed by atoms with Gasteiger partial charge in [-0.25, -0.2) is 13.2 Å². The van der Waals surface area contributed by atoms with E-state index in [2.05, 4.69) is 24.1 Å². The first kappa shape index (κ1) is 17.5. The number of nitrogens with zero attached hydrogens (tertiary/aromatic N) is 3. The molecule has 2 heterocycles. The van der Waals surface area contributed by atoms with Crippen molar-refractivity contribution in [3.63, 3.8) is 0 Å². The third-order valence-corrected chi connectivity index (χ3v) is 5.62. The van der Waals surface area contributed by atoms with Crippen molar-refractivity contribution in [3.8, 4) is 0 Å². The molecular formula is C14H28N4O3S. The Hall–Kier alpha value is -0.860. The molecule has 0 saturated carbocycles. The maximum absolute atomic E-state index is 12.2. The van der Waals surface area contributed by atoms with Gasteiger partial charge in [-0.2, -0.15) is 4.31 Å². The molecule has 2 fully saturated rings. The number of sulfonamides is 1. The van der Waals surface area contributed by atoms with Crippen LogP contribution in [0.1, 0.15) is 27.7 Å². The van der Waals surface area contributed by atoms with E-state index >= 15 is 0 Å². The zero-order valence-corrected chi connectivity index (χ0v) is 15.0. The molecule has 2 rings (SSSR count). The lowest BCUT2D eigenvalue weighted by Gasteiger charge is -2.54. The lowest BCUT2D eigenvalue weighted by Crippen LogP contribution is -2.71. The summed E-state index contributed by atoms with van der Waals surface area (Å²) in [6.45, 7) is 11.0. The summed E-state index contributed by atoms with van der Waals surface area (Å²) in [5.41, 5.74) is -0.216. The smallest absolute Gasteiger partial charge is 0.317 e. The molecule has 22 heavy (non-hydrogen) atoms. The van der Waals surface area contributed by atoms with E-state index in [1.807, 2.05) is 13.8 Å². The summed E-state index contributed by atoms with van der Waals surface area (Å²) in [6, 6.07) is 0.0786. The van der Waals surface area contributed by atoms with Crippen molar-refractivity contribution in [2.45, 2.75) is 45.3 Å². The van der Waals surface area contributed by atoms with E-state index in [1.165, 1.54) is 10.6 Å². The fraction of sp³-hybridized carbons (Fsp3) is 0.929. The van der Waals surface area contributed by atoms with Gasteiger partial charge < -0.3 is 10.2 Å². The van der Waals surface area contributed by atoms with Gasteiger partial charge in [-0.05, 0) is 27.7 Å². The van der Waals surface area contributed by atoms with Gasteiger partial charge in [-0.15, -0.1) is 0 Å². The van der Waals surface area contributed by atoms with Crippen LogP contribution in [0, 0.1) is 0 Å². The number of hydrogen-bond acceptors (Lipinski definition) is 4. The summed E-state index contributed by atoms with van der Waals surface area (Å²) < 4.78 is 25.4. The number of piperazine rings is 2. The molecule has 0 radical (unpaired) electrons. The second-order valence-corrected chi connectivity index (χ2v) is 9.25. The van der Waals surface area contributed by atoms with Gasteiger partial charge >= 0.3 is 6.03 Å². The van der Waals surface area contributed by atoms with Crippen LogP contribution >= 0.6 is 0 Å². The van der Waals surface area contributed by atoms with Crippen molar-refractivity contribution in [2.24, 2.45) is 0 Å². The average Bonchev–Trinajstić information content (AvgIpc) is 2.35. The van der Waals surface area contributed by atoms with Crippen LogP contribution in [0.2, 0.25) is 0 Å². The van der Waals surface area contributed by atoms with Crippen LogP contribution < -0.4 is 5.32 Å². The molecule has 128 valence electrons. The van der Waals surface area contributed by atoms with Gasteiger partial charge in [0, 0.05) is 50.3 Å². The fourth-order valence-electron chi connectivity index (χ4n) is 3.41. The molecule has 0 aromatic rings. The predicted octanol–water partition coefficient (Wildman–Crippen LogP) is 0.144. The summed E-state index contributed by atoms with van der Waals surface area (Å²) in [4.78, 5) is 16.3. The van der Waals surface area contributed by atoms with E-state index in [0.29, 0.717) is 26.2 Å². The quantitative estimate of drug-likeness (QED) is 0.781. The Balaban J connectivity index is 2.13. The highest BCUT2D eigenvalue weighted by atomic mass is 32.2. The van der Waals surface area contributed by atoms with Crippen molar-refractivity contribution in [3.05, 3.63) is 0 Å². The monoisotopic (exact) mass is 332 g/mol. The largest absolute Gasteiger partial charge is 0.336 e. The molecule has 0 aromatic carbocycles. The zero-order valence-electron chi connectivity index (χ0n) is 14.2. The van der Waals surface area contributed by atoms with Crippen LogP contribution in [-0.2, 0) is 10.0 Å². The number of amides is 2. The summed E-state index contributed by atoms with van der Waals surface area (Å²) >= 11 is 0. The Bertz CT molecular complexity index is 532. The molecule has 0 aliphatic carbocycles. The summed E-state index contributed by atoms with van der Waals surface area (Å²) in [6.07, 6.45) is 1.25. The van der Waals surface area contributed by atoms with Crippen LogP contribution in [0.5, 0.6) is 0 Å². The van der Waals surface area contributed by atoms with E-state index in [1.54, 1.807) is 4.90 Å². The molecule has 0 spiro atoms. The molecule has 2 aliphatic rings. The highest BCUT2D eigenvalue weighted by Crippen LogP contribution is 2.29. The molecule has 0 bridgehead atoms. The average molecular weight is 332 g/mol. The van der Waals surface area contributed by atoms with E-state index < -0.39 is 10.0 Å². The van der Waals surface area contributed by atoms with E-state index in [9.17, 15) is 13.2 Å². The highest BCUT2D eigenvalue weighted by Gasteiger charge is 2.45. The third kappa shape index (κ3) is 3.72. The summed E-state index contributed by atoms with van der Waals surface area (Å²) in [7, 11) is -3.22. The van der Waals surface area contributed by atoms with Crippen molar-refractivity contribution < 1.29 is 13.2 Å². The van der Waals surface area contributed by atoms with Crippen molar-refractivity contribution in [1.82, 2.24) is 19.4 Å². The van der Waals surface area contributed by atoms with Crippen molar-refractivity contribution in [2.75, 3.05) is 39.0 Å². The van der Waals surface area contributed by atoms with Crippen molar-refractivity contribution in [1.29, 1.82) is 0 Å². The van der Waals surface area contributed by atoms with Gasteiger partial charge in [0.2, 0.25) is 10.0 Å². The topological polar surface area (TPSA) is 73.0 Å². The number of urea groups is 1. The molecule has 2 aliphatic heterocycles. The standard InChI is InChI=1S/C14H28N4O3S/c1-11(2)15-13(19)16-6-7-18-12(8-16)9-17(22(5,20)21)10-14(18,3)4/h11-12H,6-10H2,1-5H3,(H,15,19)/t12-/m0/s1. The lowest BCUT2D eigenvalue weighted by molar-refractivity contribution is -0.0336. The van der Waals surface area contributed by atoms with Gasteiger partial charge in [-0.1, -0.05) is 0 Å². The van der Waals surface area contributed by atoms with Crippen molar-refractivity contribution >= 4 is 16.1 Å². The van der Waals surface area contributed by atoms with Gasteiger partial charge in [0.05, 0.1) is 6.26 Å². The Morgan fingerprint density at radius 2 is 1.86 bits per heavy atom. The molecule has 2 amide bonds. The molecular weight excluding hydrogens is 304 g/mol. The molecule has 0 unspecified atom stereocenters. The summed E-state index contributed by atoms with van der Waals surface area (Å²) in [5.74, 6) is 0. The zero-order chi connectivity index (χ0) is 16.7. The Labute approximate surface area is 133 Å². The number of carbonyl (C=O) groups is 1. The second-order valence-electron chi connectivity index (χ2n) is 7.27. The van der Waals surface area contributed by atoms with E-state index in [-0.39, 0.29) is 23.7 Å². The molecule has 1 atom stereocenters. The molecule has 8 heteroatoms. The summed E-state index contributed by atoms with van der Waals surface area (Å²) in [5, 5.41) is 2.91. The minimum Gasteiger partial charge on any atom is -0.336 e. The van der Waals surface area contributed by atoms with Crippen LogP contribution in [0.15, 0.2) is 0 Å². The van der Waals surface area contributed by atoms with Gasteiger partial charge in [0.25, 0.3) is 0 Å². The minimum absolute atomic E-state index is 0.0464. The molecule has 2 saturated heterocycles. The normalized spacial score (nSPS) is 26.8. The van der Waals surface area contributed by atoms with Gasteiger partial charge in [-0.3, -0.25) is 4.90 Å². The minimum atomic E-state index is -3.22. The number of rotatable bonds is 2. The van der Waals surface area contributed by atoms with Crippen LogP contribution in [0.25, 0.3) is 0 Å². The highest BCUT2D eigenvalue weighted by molar-refractivity contribution is 7.88. The van der Waals surface area contributed by atoms with E-state index in [4.69, 9.17) is 0 Å². The first-order valence-corrected chi connectivity index (χ1v) is 9.63. The molecule has 7 nitrogen and oxygen atoms in total. The number of hydrogen-bond donors (Lipinski definition) is 1. The Kier molecular flexibility index (Phi) is 4.75. The Morgan fingerprint density at radius 3 is 2.41 bits per heavy atom. The number of fused-ring (bicyclic) bond motifs is 1. The lowest BCUT2D eigenvalue weighted by atomic mass is 9.94. The first-order valence-electron chi connectivity index (χ1n) is 7.78. The molecule has 1 N–H and O–H groups in total. The number of carbonyl (C=O) groups excluding carboxylic acids is 1. The first-order chi connectivity index (χ1) is 10.0. The number of nitrogens with one attached hydrogen (secondary N) is 1. The van der Waals surface area contributed by atoms with Gasteiger partial charge in [0.1, 0.15) is 0 Å². The maximum Gasteiger partial charge on any atom is 0.317 e. The fourth-order valence-corrected chi connectivity index (χ4v) is 4.40. The SMILES string of the molecule is CC(C)NC(=O)N1CCN2[C@@H](C1)CN(S(C)(=O)=O)CC2(C)C. The second kappa shape index (κ2) is 5.98. The third-order valence-electron chi connectivity index (χ3n) is 4.41. The van der Waals surface area contributed by atoms with Crippen LogP contribution in [-0.4, -0.2) is 85.2 Å². The van der Waals surface area contributed by atoms with E-state index in [0.717, 1.165) is 6.54 Å². The Morgan fingerprint density at radius 1 is 1.23 bits per heavy atom. The van der Waals surface area contributed by atoms with Crippen LogP contribution in [0.3, 0.4) is 0 Å². The maximum atomic E-state index is 12.2. The van der Waals surface area contributed by atoms with Crippen LogP contribution in [0.4, 0.5) is 4.79 Å². The molecule has 0 aromatic heterocycles. The van der Waals surface area contributed by atoms with Gasteiger partial charge in [0.15, 0.2) is 0 Å².